The van der Waals surface area contributed by atoms with E-state index in [9.17, 15) is 9.59 Å². The van der Waals surface area contributed by atoms with Gasteiger partial charge in [-0.3, -0.25) is 4.79 Å². The molecule has 0 unspecified atom stereocenters. The fourth-order valence-electron chi connectivity index (χ4n) is 3.51. The first kappa shape index (κ1) is 21.6. The molecule has 30 heavy (non-hydrogen) atoms. The highest BCUT2D eigenvalue weighted by molar-refractivity contribution is 5.97. The van der Waals surface area contributed by atoms with Crippen LogP contribution in [0.3, 0.4) is 0 Å². The summed E-state index contributed by atoms with van der Waals surface area (Å²) in [7, 11) is 1.56. The Morgan fingerprint density at radius 1 is 1.03 bits per heavy atom. The molecule has 3 rings (SSSR count). The molecule has 0 aliphatic heterocycles. The molecule has 0 fully saturated rings. The number of methoxy groups -OCH3 is 1. The van der Waals surface area contributed by atoms with E-state index < -0.39 is 0 Å². The van der Waals surface area contributed by atoms with Gasteiger partial charge in [-0.15, -0.1) is 0 Å². The minimum atomic E-state index is -0.291. The molecule has 0 spiro atoms. The highest BCUT2D eigenvalue weighted by Crippen LogP contribution is 2.25. The van der Waals surface area contributed by atoms with Crippen LogP contribution >= 0.6 is 0 Å². The normalized spacial score (nSPS) is 10.9. The maximum absolute atomic E-state index is 12.5. The van der Waals surface area contributed by atoms with Crippen LogP contribution in [0.2, 0.25) is 0 Å². The van der Waals surface area contributed by atoms with Crippen LogP contribution in [-0.2, 0) is 6.42 Å². The second kappa shape index (κ2) is 10.1. The van der Waals surface area contributed by atoms with Gasteiger partial charge in [-0.1, -0.05) is 38.3 Å². The molecule has 0 bridgehead atoms. The Morgan fingerprint density at radius 3 is 2.63 bits per heavy atom. The van der Waals surface area contributed by atoms with Crippen molar-refractivity contribution in [1.29, 1.82) is 0 Å². The molecule has 3 aromatic rings. The lowest BCUT2D eigenvalue weighted by Crippen LogP contribution is -2.12. The number of hydrogen-bond acceptors (Lipinski definition) is 5. The Hall–Kier alpha value is -3.08. The van der Waals surface area contributed by atoms with Crippen LogP contribution in [0.1, 0.15) is 54.1 Å². The minimum Gasteiger partial charge on any atom is -0.497 e. The lowest BCUT2D eigenvalue weighted by molar-refractivity contribution is 0.0921. The number of unbranched alkanes of at least 4 members (excludes halogenated alkanes) is 3. The Balaban J connectivity index is 1.73. The number of ketones is 1. The van der Waals surface area contributed by atoms with Crippen molar-refractivity contribution in [2.24, 2.45) is 0 Å². The fraction of sp³-hybridized carbons (Fsp3) is 0.360. The summed E-state index contributed by atoms with van der Waals surface area (Å²) in [5.74, 6) is 0.945. The van der Waals surface area contributed by atoms with Crippen molar-refractivity contribution >= 4 is 16.8 Å². The van der Waals surface area contributed by atoms with E-state index in [-0.39, 0.29) is 18.0 Å². The van der Waals surface area contributed by atoms with E-state index in [1.54, 1.807) is 43.5 Å². The van der Waals surface area contributed by atoms with Crippen molar-refractivity contribution in [3.8, 4) is 11.5 Å². The average Bonchev–Trinajstić information content (AvgIpc) is 2.76. The van der Waals surface area contributed by atoms with Crippen molar-refractivity contribution in [2.45, 2.75) is 46.0 Å². The van der Waals surface area contributed by atoms with Gasteiger partial charge in [-0.05, 0) is 49.6 Å². The third-order valence-corrected chi connectivity index (χ3v) is 5.30. The van der Waals surface area contributed by atoms with Gasteiger partial charge >= 0.3 is 5.63 Å². The van der Waals surface area contributed by atoms with Gasteiger partial charge in [0.25, 0.3) is 0 Å². The van der Waals surface area contributed by atoms with Gasteiger partial charge in [-0.25, -0.2) is 4.79 Å². The topological polar surface area (TPSA) is 65.7 Å². The molecule has 0 N–H and O–H groups in total. The van der Waals surface area contributed by atoms with Crippen LogP contribution in [0.15, 0.2) is 51.7 Å². The summed E-state index contributed by atoms with van der Waals surface area (Å²) in [4.78, 5) is 24.9. The maximum Gasteiger partial charge on any atom is 0.339 e. The minimum absolute atomic E-state index is 0.114. The molecule has 1 heterocycles. The van der Waals surface area contributed by atoms with Gasteiger partial charge in [0.2, 0.25) is 0 Å². The molecule has 2 aromatic carbocycles. The number of rotatable bonds is 10. The van der Waals surface area contributed by atoms with Crippen LogP contribution < -0.4 is 15.1 Å². The highest BCUT2D eigenvalue weighted by Gasteiger charge is 2.13. The number of Topliss-reactive ketones (excluding diaryl/α,β-unsaturated/α-hetero) is 1. The van der Waals surface area contributed by atoms with E-state index >= 15 is 0 Å². The predicted octanol–water partition coefficient (Wildman–Crippen LogP) is 5.49. The number of aryl methyl sites for hydroxylation is 1. The summed E-state index contributed by atoms with van der Waals surface area (Å²) in [5, 5.41) is 0.895. The smallest absolute Gasteiger partial charge is 0.339 e. The molecule has 0 aliphatic rings. The standard InChI is InChI=1S/C25H28O5/c1-4-5-6-7-11-22-17(2)21-13-12-20(15-24(21)30-25(22)27)29-16-23(26)18-9-8-10-19(14-18)28-3/h8-10,12-15H,4-7,11,16H2,1-3H3. The lowest BCUT2D eigenvalue weighted by Gasteiger charge is -2.10. The molecule has 0 aliphatic carbocycles. The predicted molar refractivity (Wildman–Crippen MR) is 118 cm³/mol. The van der Waals surface area contributed by atoms with Crippen LogP contribution in [0.25, 0.3) is 11.0 Å². The summed E-state index contributed by atoms with van der Waals surface area (Å²) in [5.41, 5.74) is 2.41. The van der Waals surface area contributed by atoms with E-state index in [4.69, 9.17) is 13.9 Å². The van der Waals surface area contributed by atoms with Crippen LogP contribution in [-0.4, -0.2) is 19.5 Å². The number of benzene rings is 2. The van der Waals surface area contributed by atoms with Crippen LogP contribution in [0.4, 0.5) is 0 Å². The third kappa shape index (κ3) is 5.09. The number of fused-ring (bicyclic) bond motifs is 1. The second-order valence-electron chi connectivity index (χ2n) is 7.41. The van der Waals surface area contributed by atoms with E-state index in [0.717, 1.165) is 42.2 Å². The zero-order valence-corrected chi connectivity index (χ0v) is 17.8. The zero-order chi connectivity index (χ0) is 21.5. The van der Waals surface area contributed by atoms with Crippen molar-refractivity contribution in [3.05, 3.63) is 69.6 Å². The van der Waals surface area contributed by atoms with E-state index in [2.05, 4.69) is 6.92 Å². The number of carbonyl (C=O) groups is 1. The van der Waals surface area contributed by atoms with E-state index in [1.165, 1.54) is 6.42 Å². The van der Waals surface area contributed by atoms with Crippen molar-refractivity contribution in [3.63, 3.8) is 0 Å². The van der Waals surface area contributed by atoms with Crippen molar-refractivity contribution in [1.82, 2.24) is 0 Å². The van der Waals surface area contributed by atoms with Crippen molar-refractivity contribution in [2.75, 3.05) is 13.7 Å². The SMILES string of the molecule is CCCCCCc1c(C)c2ccc(OCC(=O)c3cccc(OC)c3)cc2oc1=O. The Bertz CT molecular complexity index is 1080. The third-order valence-electron chi connectivity index (χ3n) is 5.30. The molecule has 0 atom stereocenters. The summed E-state index contributed by atoms with van der Waals surface area (Å²) in [6.45, 7) is 4.01. The maximum atomic E-state index is 12.5. The molecule has 1 aromatic heterocycles. The Labute approximate surface area is 176 Å². The first-order valence-corrected chi connectivity index (χ1v) is 10.4. The molecule has 0 saturated heterocycles. The first-order valence-electron chi connectivity index (χ1n) is 10.4. The molecule has 158 valence electrons. The quantitative estimate of drug-likeness (QED) is 0.252. The lowest BCUT2D eigenvalue weighted by atomic mass is 10.0. The molecule has 0 amide bonds. The van der Waals surface area contributed by atoms with Gasteiger partial charge in [0.15, 0.2) is 12.4 Å². The highest BCUT2D eigenvalue weighted by atomic mass is 16.5. The summed E-state index contributed by atoms with van der Waals surface area (Å²) >= 11 is 0. The fourth-order valence-corrected chi connectivity index (χ4v) is 3.51. The summed E-state index contributed by atoms with van der Waals surface area (Å²) in [6.07, 6.45) is 5.17. The summed E-state index contributed by atoms with van der Waals surface area (Å²) < 4.78 is 16.4. The first-order chi connectivity index (χ1) is 14.5. The number of carbonyl (C=O) groups excluding carboxylic acids is 1. The van der Waals surface area contributed by atoms with Gasteiger partial charge in [0, 0.05) is 22.6 Å². The number of hydrogen-bond donors (Lipinski definition) is 0. The zero-order valence-electron chi connectivity index (χ0n) is 17.8. The Kier molecular flexibility index (Phi) is 7.28. The second-order valence-corrected chi connectivity index (χ2v) is 7.41. The Morgan fingerprint density at radius 2 is 1.87 bits per heavy atom. The van der Waals surface area contributed by atoms with Crippen molar-refractivity contribution < 1.29 is 18.7 Å². The number of ether oxygens (including phenoxy) is 2. The largest absolute Gasteiger partial charge is 0.497 e. The monoisotopic (exact) mass is 408 g/mol. The molecule has 5 nitrogen and oxygen atoms in total. The van der Waals surface area contributed by atoms with E-state index in [0.29, 0.717) is 22.6 Å². The van der Waals surface area contributed by atoms with Crippen LogP contribution in [0.5, 0.6) is 11.5 Å². The van der Waals surface area contributed by atoms with Gasteiger partial charge in [-0.2, -0.15) is 0 Å². The summed E-state index contributed by atoms with van der Waals surface area (Å²) in [6, 6.07) is 12.3. The van der Waals surface area contributed by atoms with Gasteiger partial charge < -0.3 is 13.9 Å². The molecular formula is C25H28O5. The van der Waals surface area contributed by atoms with E-state index in [1.807, 2.05) is 13.0 Å². The molecular weight excluding hydrogens is 380 g/mol. The van der Waals surface area contributed by atoms with Gasteiger partial charge in [0.1, 0.15) is 17.1 Å². The van der Waals surface area contributed by atoms with Crippen LogP contribution in [0, 0.1) is 6.92 Å². The molecule has 5 heteroatoms. The average molecular weight is 408 g/mol. The molecule has 0 radical (unpaired) electrons. The molecule has 0 saturated carbocycles. The van der Waals surface area contributed by atoms with Gasteiger partial charge in [0.05, 0.1) is 7.11 Å².